The second-order valence-electron chi connectivity index (χ2n) is 5.83. The Hall–Kier alpha value is -2.94. The summed E-state index contributed by atoms with van der Waals surface area (Å²) in [7, 11) is 1.71. The molecule has 1 amide bonds. The van der Waals surface area contributed by atoms with Crippen molar-refractivity contribution in [2.24, 2.45) is 0 Å². The lowest BCUT2D eigenvalue weighted by Gasteiger charge is -2.20. The van der Waals surface area contributed by atoms with Crippen molar-refractivity contribution < 1.29 is 18.0 Å². The Morgan fingerprint density at radius 1 is 1.30 bits per heavy atom. The first kappa shape index (κ1) is 18.8. The molecule has 6 nitrogen and oxygen atoms in total. The van der Waals surface area contributed by atoms with Crippen LogP contribution in [0.3, 0.4) is 0 Å². The topological polar surface area (TPSA) is 66.0 Å². The number of anilines is 2. The Morgan fingerprint density at radius 2 is 2.04 bits per heavy atom. The Bertz CT molecular complexity index is 941. The second kappa shape index (κ2) is 7.36. The van der Waals surface area contributed by atoms with E-state index in [1.54, 1.807) is 23.0 Å². The molecule has 3 aromatic rings. The number of aromatic amines is 1. The maximum atomic E-state index is 12.9. The molecule has 3 rings (SSSR count). The van der Waals surface area contributed by atoms with Crippen LogP contribution in [-0.2, 0) is 11.0 Å². The lowest BCUT2D eigenvalue weighted by Crippen LogP contribution is -2.30. The zero-order valence-electron chi connectivity index (χ0n) is 14.1. The molecule has 2 N–H and O–H groups in total. The van der Waals surface area contributed by atoms with Crippen molar-refractivity contribution in [1.29, 1.82) is 0 Å². The van der Waals surface area contributed by atoms with Gasteiger partial charge in [-0.25, -0.2) is 9.90 Å². The molecule has 10 heteroatoms. The van der Waals surface area contributed by atoms with Crippen molar-refractivity contribution >= 4 is 28.9 Å². The van der Waals surface area contributed by atoms with E-state index in [0.717, 1.165) is 23.5 Å². The summed E-state index contributed by atoms with van der Waals surface area (Å²) in [5.41, 5.74) is 0.630. The van der Waals surface area contributed by atoms with Crippen LogP contribution < -0.4 is 10.2 Å². The summed E-state index contributed by atoms with van der Waals surface area (Å²) in [5, 5.41) is 8.52. The predicted octanol–water partition coefficient (Wildman–Crippen LogP) is 3.95. The third kappa shape index (κ3) is 4.43. The van der Waals surface area contributed by atoms with E-state index in [4.69, 9.17) is 11.6 Å². The van der Waals surface area contributed by atoms with Crippen LogP contribution in [0.25, 0.3) is 5.69 Å². The SMILES string of the molecule is CN(CC(=O)Nc1ccc(Cl)c(C(F)(F)F)c1)c1cccc(-n2cn[nH]2)c1. The first-order valence-electron chi connectivity index (χ1n) is 7.80. The highest BCUT2D eigenvalue weighted by Gasteiger charge is 2.33. The normalized spacial score (nSPS) is 11.4. The van der Waals surface area contributed by atoms with Crippen molar-refractivity contribution in [3.63, 3.8) is 0 Å². The van der Waals surface area contributed by atoms with Crippen LogP contribution in [-0.4, -0.2) is 34.5 Å². The fourth-order valence-electron chi connectivity index (χ4n) is 2.45. The summed E-state index contributed by atoms with van der Waals surface area (Å²) in [6.07, 6.45) is -2.99. The highest BCUT2D eigenvalue weighted by atomic mass is 35.5. The molecule has 1 heterocycles. The van der Waals surface area contributed by atoms with Gasteiger partial charge in [-0.1, -0.05) is 17.7 Å². The van der Waals surface area contributed by atoms with E-state index >= 15 is 0 Å². The number of alkyl halides is 3. The molecule has 0 aliphatic heterocycles. The number of aromatic nitrogens is 3. The number of rotatable bonds is 5. The molecular formula is C17H15ClF3N5O. The van der Waals surface area contributed by atoms with E-state index in [-0.39, 0.29) is 12.2 Å². The second-order valence-corrected chi connectivity index (χ2v) is 6.24. The van der Waals surface area contributed by atoms with Crippen LogP contribution in [0.4, 0.5) is 24.5 Å². The van der Waals surface area contributed by atoms with E-state index in [0.29, 0.717) is 0 Å². The monoisotopic (exact) mass is 397 g/mol. The number of amides is 1. The van der Waals surface area contributed by atoms with Crippen molar-refractivity contribution in [3.8, 4) is 5.69 Å². The van der Waals surface area contributed by atoms with Gasteiger partial charge >= 0.3 is 6.18 Å². The fourth-order valence-corrected chi connectivity index (χ4v) is 2.67. The van der Waals surface area contributed by atoms with Crippen molar-refractivity contribution in [2.45, 2.75) is 6.18 Å². The number of carbonyl (C=O) groups excluding carboxylic acids is 1. The summed E-state index contributed by atoms with van der Waals surface area (Å²) < 4.78 is 40.4. The van der Waals surface area contributed by atoms with E-state index in [1.165, 1.54) is 6.07 Å². The molecule has 0 bridgehead atoms. The largest absolute Gasteiger partial charge is 0.417 e. The average molecular weight is 398 g/mol. The molecule has 0 atom stereocenters. The van der Waals surface area contributed by atoms with Crippen LogP contribution in [0.15, 0.2) is 48.8 Å². The van der Waals surface area contributed by atoms with Gasteiger partial charge < -0.3 is 10.2 Å². The van der Waals surface area contributed by atoms with Crippen molar-refractivity contribution in [1.82, 2.24) is 15.0 Å². The minimum absolute atomic E-state index is 0.0277. The average Bonchev–Trinajstić information content (AvgIpc) is 2.54. The minimum Gasteiger partial charge on any atom is -0.365 e. The minimum atomic E-state index is -4.59. The van der Waals surface area contributed by atoms with Gasteiger partial charge in [0, 0.05) is 18.4 Å². The maximum absolute atomic E-state index is 12.9. The summed E-state index contributed by atoms with van der Waals surface area (Å²) in [6, 6.07) is 10.6. The third-order valence-electron chi connectivity index (χ3n) is 3.82. The zero-order chi connectivity index (χ0) is 19.6. The van der Waals surface area contributed by atoms with E-state index in [1.807, 2.05) is 24.3 Å². The zero-order valence-corrected chi connectivity index (χ0v) is 14.8. The van der Waals surface area contributed by atoms with Gasteiger partial charge in [-0.05, 0) is 36.4 Å². The Balaban J connectivity index is 1.68. The van der Waals surface area contributed by atoms with Crippen LogP contribution in [0.1, 0.15) is 5.56 Å². The number of likely N-dealkylation sites (N-methyl/N-ethyl adjacent to an activating group) is 1. The van der Waals surface area contributed by atoms with Gasteiger partial charge in [0.05, 0.1) is 22.8 Å². The smallest absolute Gasteiger partial charge is 0.365 e. The van der Waals surface area contributed by atoms with Gasteiger partial charge in [-0.2, -0.15) is 13.2 Å². The number of H-pyrrole nitrogens is 1. The summed E-state index contributed by atoms with van der Waals surface area (Å²) in [6.45, 7) is -0.0467. The molecule has 0 spiro atoms. The molecule has 27 heavy (non-hydrogen) atoms. The number of benzene rings is 2. The Morgan fingerprint density at radius 3 is 2.67 bits per heavy atom. The first-order chi connectivity index (χ1) is 12.7. The standard InChI is InChI=1S/C17H15ClF3N5O/c1-25(12-3-2-4-13(8-12)26-10-22-24-26)9-16(27)23-11-5-6-15(18)14(7-11)17(19,20)21/h2-8,10,24H,9H2,1H3,(H,23,27). The quantitative estimate of drug-likeness (QED) is 0.685. The third-order valence-corrected chi connectivity index (χ3v) is 4.15. The summed E-state index contributed by atoms with van der Waals surface area (Å²) in [5.74, 6) is -0.456. The number of nitrogens with one attached hydrogen (secondary N) is 2. The lowest BCUT2D eigenvalue weighted by atomic mass is 10.2. The highest BCUT2D eigenvalue weighted by Crippen LogP contribution is 2.36. The molecule has 0 unspecified atom stereocenters. The maximum Gasteiger partial charge on any atom is 0.417 e. The molecule has 0 saturated carbocycles. The lowest BCUT2D eigenvalue weighted by molar-refractivity contribution is -0.137. The van der Waals surface area contributed by atoms with Crippen molar-refractivity contribution in [2.75, 3.05) is 23.8 Å². The van der Waals surface area contributed by atoms with Crippen LogP contribution >= 0.6 is 11.6 Å². The van der Waals surface area contributed by atoms with Gasteiger partial charge in [0.25, 0.3) is 0 Å². The van der Waals surface area contributed by atoms with Gasteiger partial charge in [0.1, 0.15) is 6.33 Å². The Labute approximate surface area is 157 Å². The fraction of sp³-hybridized carbons (Fsp3) is 0.176. The number of nitrogens with zero attached hydrogens (tertiary/aromatic N) is 3. The van der Waals surface area contributed by atoms with Crippen molar-refractivity contribution in [3.05, 3.63) is 59.4 Å². The van der Waals surface area contributed by atoms with E-state index in [9.17, 15) is 18.0 Å². The number of hydrogen-bond donors (Lipinski definition) is 2. The molecule has 2 aromatic carbocycles. The first-order valence-corrected chi connectivity index (χ1v) is 8.18. The van der Waals surface area contributed by atoms with Gasteiger partial charge in [0.2, 0.25) is 5.91 Å². The van der Waals surface area contributed by atoms with E-state index in [2.05, 4.69) is 15.6 Å². The van der Waals surface area contributed by atoms with Gasteiger partial charge in [0.15, 0.2) is 0 Å². The number of carbonyl (C=O) groups is 1. The summed E-state index contributed by atoms with van der Waals surface area (Å²) >= 11 is 5.58. The number of halogens is 4. The van der Waals surface area contributed by atoms with Gasteiger partial charge in [-0.15, -0.1) is 5.10 Å². The van der Waals surface area contributed by atoms with Gasteiger partial charge in [-0.3, -0.25) is 4.79 Å². The highest BCUT2D eigenvalue weighted by molar-refractivity contribution is 6.31. The molecule has 0 radical (unpaired) electrons. The van der Waals surface area contributed by atoms with Crippen LogP contribution in [0.2, 0.25) is 5.02 Å². The van der Waals surface area contributed by atoms with E-state index < -0.39 is 22.7 Å². The summed E-state index contributed by atoms with van der Waals surface area (Å²) in [4.78, 5) is 13.9. The van der Waals surface area contributed by atoms with Crippen LogP contribution in [0, 0.1) is 0 Å². The molecular weight excluding hydrogens is 383 g/mol. The molecule has 0 fully saturated rings. The Kier molecular flexibility index (Phi) is 5.13. The molecule has 0 aliphatic carbocycles. The molecule has 142 valence electrons. The predicted molar refractivity (Wildman–Crippen MR) is 96.3 cm³/mol. The number of hydrogen-bond acceptors (Lipinski definition) is 3. The van der Waals surface area contributed by atoms with Crippen LogP contribution in [0.5, 0.6) is 0 Å². The molecule has 0 saturated heterocycles. The molecule has 0 aliphatic rings. The molecule has 1 aromatic heterocycles.